The van der Waals surface area contributed by atoms with Crippen molar-refractivity contribution in [3.63, 3.8) is 0 Å². The van der Waals surface area contributed by atoms with Gasteiger partial charge in [0.2, 0.25) is 11.6 Å². The van der Waals surface area contributed by atoms with E-state index in [0.717, 1.165) is 16.6 Å². The first kappa shape index (κ1) is 19.6. The fourth-order valence-electron chi connectivity index (χ4n) is 3.06. The second-order valence-corrected chi connectivity index (χ2v) is 6.56. The molecule has 11 heteroatoms. The molecule has 4 rings (SSSR count). The van der Waals surface area contributed by atoms with Crippen molar-refractivity contribution in [1.82, 2.24) is 15.0 Å². The Labute approximate surface area is 175 Å². The highest BCUT2D eigenvalue weighted by Gasteiger charge is 2.24. The standard InChI is InChI=1S/C20H15N7O4/c1-12-8-9-15-16(23-12)6-3-7-17(15)25-20-18(27(30)31)19(21-11-22-20)24-13-4-2-5-14(10-13)26(28)29/h2-11H,1H3,(H2,21,22,24,25). The van der Waals surface area contributed by atoms with E-state index in [4.69, 9.17) is 0 Å². The van der Waals surface area contributed by atoms with Crippen molar-refractivity contribution in [3.05, 3.63) is 86.8 Å². The fourth-order valence-corrected chi connectivity index (χ4v) is 3.06. The molecule has 0 aliphatic rings. The zero-order valence-electron chi connectivity index (χ0n) is 16.1. The van der Waals surface area contributed by atoms with Crippen LogP contribution in [0.4, 0.5) is 34.4 Å². The fraction of sp³-hybridized carbons (Fsp3) is 0.0500. The summed E-state index contributed by atoms with van der Waals surface area (Å²) < 4.78 is 0. The number of nitro benzene ring substituents is 1. The van der Waals surface area contributed by atoms with Gasteiger partial charge in [-0.05, 0) is 37.3 Å². The molecule has 154 valence electrons. The largest absolute Gasteiger partial charge is 0.353 e. The van der Waals surface area contributed by atoms with Gasteiger partial charge in [0, 0.05) is 34.6 Å². The number of nitro groups is 2. The summed E-state index contributed by atoms with van der Waals surface area (Å²) in [6, 6.07) is 14.7. The molecule has 0 spiro atoms. The van der Waals surface area contributed by atoms with Crippen molar-refractivity contribution in [3.8, 4) is 0 Å². The molecule has 4 aromatic rings. The Kier molecular flexibility index (Phi) is 5.06. The topological polar surface area (TPSA) is 149 Å². The van der Waals surface area contributed by atoms with Gasteiger partial charge in [-0.3, -0.25) is 25.2 Å². The van der Waals surface area contributed by atoms with E-state index in [1.54, 1.807) is 18.2 Å². The van der Waals surface area contributed by atoms with Crippen LogP contribution >= 0.6 is 0 Å². The highest BCUT2D eigenvalue weighted by atomic mass is 16.6. The number of pyridine rings is 1. The van der Waals surface area contributed by atoms with Crippen molar-refractivity contribution in [2.75, 3.05) is 10.6 Å². The number of hydrogen-bond donors (Lipinski definition) is 2. The average Bonchev–Trinajstić information content (AvgIpc) is 2.74. The number of anilines is 4. The first-order chi connectivity index (χ1) is 14.9. The molecule has 0 fully saturated rings. The Morgan fingerprint density at radius 3 is 2.35 bits per heavy atom. The first-order valence-electron chi connectivity index (χ1n) is 9.06. The lowest BCUT2D eigenvalue weighted by molar-refractivity contribution is -0.384. The molecule has 0 aliphatic carbocycles. The van der Waals surface area contributed by atoms with Gasteiger partial charge in [-0.1, -0.05) is 12.1 Å². The van der Waals surface area contributed by atoms with Crippen LogP contribution in [0.3, 0.4) is 0 Å². The van der Waals surface area contributed by atoms with Crippen molar-refractivity contribution < 1.29 is 9.85 Å². The van der Waals surface area contributed by atoms with Crippen LogP contribution in [0.1, 0.15) is 5.69 Å². The Bertz CT molecular complexity index is 1330. The predicted molar refractivity (Wildman–Crippen MR) is 115 cm³/mol. The van der Waals surface area contributed by atoms with Gasteiger partial charge in [-0.25, -0.2) is 9.97 Å². The Balaban J connectivity index is 1.74. The number of non-ortho nitro benzene ring substituents is 1. The second-order valence-electron chi connectivity index (χ2n) is 6.56. The Morgan fingerprint density at radius 1 is 0.871 bits per heavy atom. The van der Waals surface area contributed by atoms with Gasteiger partial charge in [0.05, 0.1) is 15.4 Å². The van der Waals surface area contributed by atoms with E-state index in [-0.39, 0.29) is 23.0 Å². The minimum atomic E-state index is -0.616. The van der Waals surface area contributed by atoms with Crippen LogP contribution in [-0.2, 0) is 0 Å². The van der Waals surface area contributed by atoms with E-state index in [9.17, 15) is 20.2 Å². The van der Waals surface area contributed by atoms with Crippen LogP contribution in [-0.4, -0.2) is 24.8 Å². The summed E-state index contributed by atoms with van der Waals surface area (Å²) in [6.45, 7) is 1.88. The number of benzene rings is 2. The van der Waals surface area contributed by atoms with Crippen molar-refractivity contribution in [2.24, 2.45) is 0 Å². The van der Waals surface area contributed by atoms with Crippen molar-refractivity contribution >= 4 is 45.3 Å². The molecule has 0 bridgehead atoms. The third-order valence-electron chi connectivity index (χ3n) is 4.45. The van der Waals surface area contributed by atoms with Crippen molar-refractivity contribution in [2.45, 2.75) is 6.92 Å². The van der Waals surface area contributed by atoms with Gasteiger partial charge in [-0.2, -0.15) is 0 Å². The lowest BCUT2D eigenvalue weighted by Crippen LogP contribution is -2.06. The van der Waals surface area contributed by atoms with Crippen molar-refractivity contribution in [1.29, 1.82) is 0 Å². The molecule has 2 N–H and O–H groups in total. The summed E-state index contributed by atoms with van der Waals surface area (Å²) in [5.74, 6) is -0.127. The summed E-state index contributed by atoms with van der Waals surface area (Å²) in [5, 5.41) is 29.4. The molecule has 0 amide bonds. The van der Waals surface area contributed by atoms with Crippen LogP contribution in [0.2, 0.25) is 0 Å². The number of aromatic nitrogens is 3. The zero-order chi connectivity index (χ0) is 22.0. The summed E-state index contributed by atoms with van der Waals surface area (Å²) in [4.78, 5) is 34.1. The molecule has 31 heavy (non-hydrogen) atoms. The molecular formula is C20H15N7O4. The van der Waals surface area contributed by atoms with E-state index < -0.39 is 15.5 Å². The molecule has 2 heterocycles. The van der Waals surface area contributed by atoms with Crippen LogP contribution < -0.4 is 10.6 Å². The van der Waals surface area contributed by atoms with Crippen LogP contribution in [0.5, 0.6) is 0 Å². The number of fused-ring (bicyclic) bond motifs is 1. The van der Waals surface area contributed by atoms with E-state index in [0.29, 0.717) is 5.69 Å². The summed E-state index contributed by atoms with van der Waals surface area (Å²) in [5.41, 5.74) is 1.90. The Morgan fingerprint density at radius 2 is 1.61 bits per heavy atom. The molecule has 2 aromatic carbocycles. The third-order valence-corrected chi connectivity index (χ3v) is 4.45. The Hall–Kier alpha value is -4.67. The van der Waals surface area contributed by atoms with Gasteiger partial charge in [0.1, 0.15) is 6.33 Å². The van der Waals surface area contributed by atoms with E-state index >= 15 is 0 Å². The monoisotopic (exact) mass is 417 g/mol. The quantitative estimate of drug-likeness (QED) is 0.338. The van der Waals surface area contributed by atoms with E-state index in [2.05, 4.69) is 25.6 Å². The molecule has 0 saturated carbocycles. The highest BCUT2D eigenvalue weighted by molar-refractivity contribution is 5.94. The maximum absolute atomic E-state index is 11.8. The summed E-state index contributed by atoms with van der Waals surface area (Å²) in [7, 11) is 0. The predicted octanol–water partition coefficient (Wildman–Crippen LogP) is 4.64. The third kappa shape index (κ3) is 4.05. The van der Waals surface area contributed by atoms with Crippen LogP contribution in [0.15, 0.2) is 60.9 Å². The molecule has 0 unspecified atom stereocenters. The highest BCUT2D eigenvalue weighted by Crippen LogP contribution is 2.35. The van der Waals surface area contributed by atoms with E-state index in [1.807, 2.05) is 25.1 Å². The maximum Gasteiger partial charge on any atom is 0.353 e. The molecule has 11 nitrogen and oxygen atoms in total. The van der Waals surface area contributed by atoms with E-state index in [1.165, 1.54) is 24.5 Å². The number of nitrogens with zero attached hydrogens (tertiary/aromatic N) is 5. The lowest BCUT2D eigenvalue weighted by Gasteiger charge is -2.12. The normalized spacial score (nSPS) is 10.6. The maximum atomic E-state index is 11.8. The molecule has 0 aliphatic heterocycles. The molecule has 0 saturated heterocycles. The van der Waals surface area contributed by atoms with Gasteiger partial charge in [0.25, 0.3) is 5.69 Å². The number of nitrogens with one attached hydrogen (secondary N) is 2. The SMILES string of the molecule is Cc1ccc2c(Nc3ncnc(Nc4cccc([N+](=O)[O-])c4)c3[N+](=O)[O-])cccc2n1. The number of hydrogen-bond acceptors (Lipinski definition) is 9. The molecule has 0 radical (unpaired) electrons. The van der Waals surface area contributed by atoms with Gasteiger partial charge < -0.3 is 10.6 Å². The minimum absolute atomic E-state index is 0.0268. The molecular weight excluding hydrogens is 402 g/mol. The second kappa shape index (κ2) is 7.99. The molecule has 0 atom stereocenters. The number of aryl methyl sites for hydroxylation is 1. The average molecular weight is 417 g/mol. The van der Waals surface area contributed by atoms with Crippen LogP contribution in [0.25, 0.3) is 10.9 Å². The summed E-state index contributed by atoms with van der Waals surface area (Å²) >= 11 is 0. The van der Waals surface area contributed by atoms with Gasteiger partial charge in [0.15, 0.2) is 0 Å². The van der Waals surface area contributed by atoms with Gasteiger partial charge >= 0.3 is 5.69 Å². The molecule has 2 aromatic heterocycles. The zero-order valence-corrected chi connectivity index (χ0v) is 16.1. The summed E-state index contributed by atoms with van der Waals surface area (Å²) in [6.07, 6.45) is 1.17. The van der Waals surface area contributed by atoms with Crippen LogP contribution in [0, 0.1) is 27.2 Å². The first-order valence-corrected chi connectivity index (χ1v) is 9.06. The number of rotatable bonds is 6. The minimum Gasteiger partial charge on any atom is -0.334 e. The van der Waals surface area contributed by atoms with Gasteiger partial charge in [-0.15, -0.1) is 0 Å². The smallest absolute Gasteiger partial charge is 0.334 e. The lowest BCUT2D eigenvalue weighted by atomic mass is 10.1.